The van der Waals surface area contributed by atoms with E-state index < -0.39 is 0 Å². The molecule has 4 nitrogen and oxygen atoms in total. The molecule has 1 heterocycles. The number of carbonyl (C=O) groups is 1. The van der Waals surface area contributed by atoms with Crippen molar-refractivity contribution in [3.05, 3.63) is 0 Å². The Hall–Kier alpha value is -0.770. The molecule has 0 aromatic heterocycles. The van der Waals surface area contributed by atoms with Crippen LogP contribution in [0, 0.1) is 11.3 Å². The summed E-state index contributed by atoms with van der Waals surface area (Å²) in [5, 5.41) is 3.68. The maximum atomic E-state index is 11.8. The first kappa shape index (κ1) is 16.3. The second kappa shape index (κ2) is 6.60. The van der Waals surface area contributed by atoms with E-state index in [0.717, 1.165) is 32.5 Å². The van der Waals surface area contributed by atoms with Gasteiger partial charge in [-0.2, -0.15) is 0 Å². The Labute approximate surface area is 118 Å². The van der Waals surface area contributed by atoms with E-state index in [0.29, 0.717) is 17.4 Å². The SMILES string of the molecule is CC(C)C(C)(C)CNC1CCN(C(=O)N(C)C)CC1. The van der Waals surface area contributed by atoms with Gasteiger partial charge < -0.3 is 15.1 Å². The van der Waals surface area contributed by atoms with Gasteiger partial charge in [0.2, 0.25) is 0 Å². The standard InChI is InChI=1S/C15H31N3O/c1-12(2)15(3,4)11-16-13-7-9-18(10-8-13)14(19)17(5)6/h12-13,16H,7-11H2,1-6H3. The summed E-state index contributed by atoms with van der Waals surface area (Å²) in [6.45, 7) is 12.0. The molecule has 0 spiro atoms. The lowest BCUT2D eigenvalue weighted by Crippen LogP contribution is -2.49. The zero-order valence-electron chi connectivity index (χ0n) is 13.5. The maximum absolute atomic E-state index is 11.8. The number of amides is 2. The smallest absolute Gasteiger partial charge is 0.319 e. The molecule has 0 aromatic carbocycles. The van der Waals surface area contributed by atoms with Crippen molar-refractivity contribution in [1.29, 1.82) is 0 Å². The van der Waals surface area contributed by atoms with Crippen molar-refractivity contribution < 1.29 is 4.79 Å². The van der Waals surface area contributed by atoms with Crippen LogP contribution in [0.5, 0.6) is 0 Å². The molecule has 0 atom stereocenters. The van der Waals surface area contributed by atoms with Crippen LogP contribution in [-0.2, 0) is 0 Å². The third kappa shape index (κ3) is 4.68. The van der Waals surface area contributed by atoms with Crippen molar-refractivity contribution in [3.63, 3.8) is 0 Å². The van der Waals surface area contributed by atoms with Gasteiger partial charge in [0.15, 0.2) is 0 Å². The highest BCUT2D eigenvalue weighted by Crippen LogP contribution is 2.25. The average molecular weight is 269 g/mol. The van der Waals surface area contributed by atoms with Gasteiger partial charge in [-0.3, -0.25) is 0 Å². The first-order chi connectivity index (χ1) is 8.74. The zero-order valence-corrected chi connectivity index (χ0v) is 13.5. The Kier molecular flexibility index (Phi) is 5.65. The topological polar surface area (TPSA) is 35.6 Å². The van der Waals surface area contributed by atoms with E-state index in [1.165, 1.54) is 0 Å². The van der Waals surface area contributed by atoms with Crippen molar-refractivity contribution in [1.82, 2.24) is 15.1 Å². The van der Waals surface area contributed by atoms with Crippen LogP contribution in [0.2, 0.25) is 0 Å². The molecule has 1 fully saturated rings. The molecule has 1 N–H and O–H groups in total. The quantitative estimate of drug-likeness (QED) is 0.850. The molecule has 19 heavy (non-hydrogen) atoms. The Morgan fingerprint density at radius 1 is 1.32 bits per heavy atom. The van der Waals surface area contributed by atoms with Crippen LogP contribution in [0.25, 0.3) is 0 Å². The van der Waals surface area contributed by atoms with Crippen LogP contribution >= 0.6 is 0 Å². The number of rotatable bonds is 4. The fourth-order valence-corrected chi connectivity index (χ4v) is 2.17. The molecule has 0 saturated carbocycles. The van der Waals surface area contributed by atoms with Crippen molar-refractivity contribution in [2.75, 3.05) is 33.7 Å². The molecule has 1 aliphatic heterocycles. The van der Waals surface area contributed by atoms with E-state index >= 15 is 0 Å². The first-order valence-electron chi connectivity index (χ1n) is 7.43. The molecule has 0 aromatic rings. The van der Waals surface area contributed by atoms with Crippen LogP contribution in [-0.4, -0.2) is 55.6 Å². The molecule has 112 valence electrons. The molecule has 0 bridgehead atoms. The largest absolute Gasteiger partial charge is 0.331 e. The van der Waals surface area contributed by atoms with E-state index in [-0.39, 0.29) is 6.03 Å². The average Bonchev–Trinajstić information content (AvgIpc) is 2.36. The second-order valence-corrected chi connectivity index (χ2v) is 6.96. The molecule has 0 unspecified atom stereocenters. The lowest BCUT2D eigenvalue weighted by Gasteiger charge is -2.36. The number of hydrogen-bond donors (Lipinski definition) is 1. The van der Waals surface area contributed by atoms with Crippen LogP contribution in [0.1, 0.15) is 40.5 Å². The summed E-state index contributed by atoms with van der Waals surface area (Å²) in [5.41, 5.74) is 0.330. The second-order valence-electron chi connectivity index (χ2n) is 6.96. The Balaban J connectivity index is 2.33. The summed E-state index contributed by atoms with van der Waals surface area (Å²) in [5.74, 6) is 0.676. The summed E-state index contributed by atoms with van der Waals surface area (Å²) >= 11 is 0. The van der Waals surface area contributed by atoms with Crippen LogP contribution < -0.4 is 5.32 Å². The van der Waals surface area contributed by atoms with Gasteiger partial charge in [0.25, 0.3) is 0 Å². The molecule has 1 aliphatic rings. The summed E-state index contributed by atoms with van der Waals surface area (Å²) in [6, 6.07) is 0.699. The number of urea groups is 1. The minimum absolute atomic E-state index is 0.140. The fraction of sp³-hybridized carbons (Fsp3) is 0.933. The number of nitrogens with zero attached hydrogens (tertiary/aromatic N) is 2. The van der Waals surface area contributed by atoms with Gasteiger partial charge in [-0.25, -0.2) is 4.79 Å². The van der Waals surface area contributed by atoms with Gasteiger partial charge in [-0.15, -0.1) is 0 Å². The van der Waals surface area contributed by atoms with Crippen molar-refractivity contribution in [3.8, 4) is 0 Å². The fourth-order valence-electron chi connectivity index (χ4n) is 2.17. The number of hydrogen-bond acceptors (Lipinski definition) is 2. The number of nitrogens with one attached hydrogen (secondary N) is 1. The van der Waals surface area contributed by atoms with Crippen LogP contribution in [0.15, 0.2) is 0 Å². The third-order valence-corrected chi connectivity index (χ3v) is 4.56. The first-order valence-corrected chi connectivity index (χ1v) is 7.43. The van der Waals surface area contributed by atoms with Crippen molar-refractivity contribution >= 4 is 6.03 Å². The van der Waals surface area contributed by atoms with Gasteiger partial charge in [0.05, 0.1) is 0 Å². The summed E-state index contributed by atoms with van der Waals surface area (Å²) in [6.07, 6.45) is 2.13. The third-order valence-electron chi connectivity index (χ3n) is 4.56. The lowest BCUT2D eigenvalue weighted by atomic mass is 9.81. The number of likely N-dealkylation sites (tertiary alicyclic amines) is 1. The maximum Gasteiger partial charge on any atom is 0.319 e. The highest BCUT2D eigenvalue weighted by molar-refractivity contribution is 5.73. The highest BCUT2D eigenvalue weighted by atomic mass is 16.2. The van der Waals surface area contributed by atoms with Gasteiger partial charge in [-0.05, 0) is 24.2 Å². The van der Waals surface area contributed by atoms with Gasteiger partial charge in [0.1, 0.15) is 0 Å². The zero-order chi connectivity index (χ0) is 14.6. The van der Waals surface area contributed by atoms with Crippen molar-refractivity contribution in [2.24, 2.45) is 11.3 Å². The van der Waals surface area contributed by atoms with E-state index in [4.69, 9.17) is 0 Å². The van der Waals surface area contributed by atoms with E-state index in [2.05, 4.69) is 33.0 Å². The molecule has 0 aliphatic carbocycles. The highest BCUT2D eigenvalue weighted by Gasteiger charge is 2.26. The Morgan fingerprint density at radius 2 is 1.84 bits per heavy atom. The predicted octanol–water partition coefficient (Wildman–Crippen LogP) is 2.40. The molecular weight excluding hydrogens is 238 g/mol. The monoisotopic (exact) mass is 269 g/mol. The molecule has 2 amide bonds. The van der Waals surface area contributed by atoms with Gasteiger partial charge >= 0.3 is 6.03 Å². The van der Waals surface area contributed by atoms with Gasteiger partial charge in [0, 0.05) is 39.8 Å². The summed E-state index contributed by atoms with van der Waals surface area (Å²) in [4.78, 5) is 15.5. The molecule has 4 heteroatoms. The number of piperidine rings is 1. The predicted molar refractivity (Wildman–Crippen MR) is 80.3 cm³/mol. The normalized spacial score (nSPS) is 17.9. The van der Waals surface area contributed by atoms with Crippen LogP contribution in [0.3, 0.4) is 0 Å². The van der Waals surface area contributed by atoms with E-state index in [1.807, 2.05) is 19.0 Å². The van der Waals surface area contributed by atoms with E-state index in [1.54, 1.807) is 4.90 Å². The summed E-state index contributed by atoms with van der Waals surface area (Å²) < 4.78 is 0. The molecule has 1 saturated heterocycles. The van der Waals surface area contributed by atoms with Gasteiger partial charge in [-0.1, -0.05) is 27.7 Å². The minimum Gasteiger partial charge on any atom is -0.331 e. The Bertz CT molecular complexity index is 292. The van der Waals surface area contributed by atoms with Crippen molar-refractivity contribution in [2.45, 2.75) is 46.6 Å². The number of carbonyl (C=O) groups excluding carboxylic acids is 1. The molecule has 1 rings (SSSR count). The van der Waals surface area contributed by atoms with E-state index in [9.17, 15) is 4.79 Å². The minimum atomic E-state index is 0.140. The van der Waals surface area contributed by atoms with Crippen LogP contribution in [0.4, 0.5) is 4.79 Å². The molecular formula is C15H31N3O. The lowest BCUT2D eigenvalue weighted by molar-refractivity contribution is 0.147. The summed E-state index contributed by atoms with van der Waals surface area (Å²) in [7, 11) is 3.63. The Morgan fingerprint density at radius 3 is 2.26 bits per heavy atom. The molecule has 0 radical (unpaired) electrons.